The number of carbonyl (C=O) groups is 2. The molecule has 0 aliphatic carbocycles. The van der Waals surface area contributed by atoms with Gasteiger partial charge in [-0.2, -0.15) is 26.3 Å². The van der Waals surface area contributed by atoms with E-state index in [1.54, 1.807) is 9.82 Å². The summed E-state index contributed by atoms with van der Waals surface area (Å²) in [5.74, 6) is -20.9. The van der Waals surface area contributed by atoms with E-state index in [0.717, 1.165) is 0 Å². The van der Waals surface area contributed by atoms with Gasteiger partial charge >= 0.3 is 24.3 Å². The zero-order valence-electron chi connectivity index (χ0n) is 18.3. The molecule has 0 fully saturated rings. The number of hydrogen-bond donors (Lipinski definition) is 0. The first-order valence-corrected chi connectivity index (χ1v) is 9.41. The van der Waals surface area contributed by atoms with Crippen LogP contribution in [0.1, 0.15) is 31.8 Å². The van der Waals surface area contributed by atoms with Gasteiger partial charge < -0.3 is 9.47 Å². The first-order chi connectivity index (χ1) is 18.4. The average molecular weight is 596 g/mol. The topological polar surface area (TPSA) is 150 Å². The number of esters is 2. The van der Waals surface area contributed by atoms with Gasteiger partial charge in [-0.15, -0.1) is 0 Å². The Bertz CT molecular complexity index is 1380. The highest BCUT2D eigenvalue weighted by atomic mass is 19.4. The molecule has 0 aliphatic heterocycles. The largest absolute Gasteiger partial charge is 0.458 e. The van der Waals surface area contributed by atoms with Crippen molar-refractivity contribution in [2.75, 3.05) is 13.2 Å². The number of benzene rings is 2. The molecule has 2 rings (SSSR count). The average Bonchev–Trinajstić information content (AvgIpc) is 2.84. The summed E-state index contributed by atoms with van der Waals surface area (Å²) in [5, 5.41) is 4.44. The summed E-state index contributed by atoms with van der Waals surface area (Å²) in [7, 11) is 0. The maximum absolute atomic E-state index is 14.2. The maximum atomic E-state index is 14.2. The fourth-order valence-corrected chi connectivity index (χ4v) is 2.89. The second-order valence-electron chi connectivity index (χ2n) is 6.73. The lowest BCUT2D eigenvalue weighted by Gasteiger charge is -2.17. The first kappa shape index (κ1) is 31.4. The molecule has 0 heterocycles. The van der Waals surface area contributed by atoms with Gasteiger partial charge in [-0.3, -0.25) is 0 Å². The van der Waals surface area contributed by atoms with Gasteiger partial charge in [0.05, 0.1) is 0 Å². The molecular formula is C18H4F12N6O4. The van der Waals surface area contributed by atoms with Crippen LogP contribution in [0.5, 0.6) is 0 Å². The van der Waals surface area contributed by atoms with Crippen LogP contribution in [0.3, 0.4) is 0 Å². The Balaban J connectivity index is 2.38. The van der Waals surface area contributed by atoms with Gasteiger partial charge in [0.15, 0.2) is 23.3 Å². The minimum atomic E-state index is -5.93. The molecule has 0 spiro atoms. The molecule has 0 radical (unpaired) electrons. The molecule has 0 aliphatic rings. The van der Waals surface area contributed by atoms with E-state index in [4.69, 9.17) is 11.1 Å². The van der Waals surface area contributed by atoms with Gasteiger partial charge in [0.1, 0.15) is 58.5 Å². The van der Waals surface area contributed by atoms with E-state index >= 15 is 0 Å². The SMILES string of the molecule is [N-]=[N+]=Nc1c(F)c(F)c(C(=O)OCCOC(=O)c2c(F)c(F)c(N=[N+]=[N-])c(F)c2C(F)(F)F)c(C(F)(F)F)c1F. The highest BCUT2D eigenvalue weighted by Gasteiger charge is 2.45. The van der Waals surface area contributed by atoms with E-state index in [1.165, 1.54) is 0 Å². The lowest BCUT2D eigenvalue weighted by molar-refractivity contribution is -0.141. The Labute approximate surface area is 209 Å². The third-order valence-electron chi connectivity index (χ3n) is 4.41. The van der Waals surface area contributed by atoms with Gasteiger partial charge in [-0.05, 0) is 11.1 Å². The first-order valence-electron chi connectivity index (χ1n) is 9.41. The van der Waals surface area contributed by atoms with Crippen molar-refractivity contribution in [3.05, 3.63) is 78.0 Å². The number of rotatable bonds is 7. The summed E-state index contributed by atoms with van der Waals surface area (Å²) < 4.78 is 172. The van der Waals surface area contributed by atoms with E-state index in [0.29, 0.717) is 0 Å². The van der Waals surface area contributed by atoms with Crippen molar-refractivity contribution in [1.29, 1.82) is 0 Å². The Kier molecular flexibility index (Phi) is 9.02. The smallest absolute Gasteiger partial charge is 0.420 e. The molecule has 40 heavy (non-hydrogen) atoms. The normalized spacial score (nSPS) is 11.4. The van der Waals surface area contributed by atoms with Crippen molar-refractivity contribution in [3.8, 4) is 0 Å². The lowest BCUT2D eigenvalue weighted by Crippen LogP contribution is -2.23. The lowest BCUT2D eigenvalue weighted by atomic mass is 10.0. The minimum Gasteiger partial charge on any atom is -0.458 e. The molecule has 2 aromatic carbocycles. The van der Waals surface area contributed by atoms with Crippen molar-refractivity contribution < 1.29 is 71.7 Å². The summed E-state index contributed by atoms with van der Waals surface area (Å²) in [6, 6.07) is 0. The van der Waals surface area contributed by atoms with E-state index in [2.05, 4.69) is 19.7 Å². The summed E-state index contributed by atoms with van der Waals surface area (Å²) in [6.45, 7) is -3.01. The second-order valence-corrected chi connectivity index (χ2v) is 6.73. The van der Waals surface area contributed by atoms with Crippen LogP contribution >= 0.6 is 0 Å². The summed E-state index contributed by atoms with van der Waals surface area (Å²) in [5.41, 5.74) is 1.74. The Hall–Kier alpha value is -4.84. The fraction of sp³-hybridized carbons (Fsp3) is 0.222. The molecule has 0 saturated carbocycles. The van der Waals surface area contributed by atoms with Gasteiger partial charge in [0.2, 0.25) is 0 Å². The van der Waals surface area contributed by atoms with Crippen LogP contribution in [-0.4, -0.2) is 25.2 Å². The minimum absolute atomic E-state index is 1.51. The maximum Gasteiger partial charge on any atom is 0.420 e. The number of alkyl halides is 6. The van der Waals surface area contributed by atoms with E-state index in [-0.39, 0.29) is 0 Å². The Morgan fingerprint density at radius 1 is 0.600 bits per heavy atom. The number of azide groups is 2. The summed E-state index contributed by atoms with van der Waals surface area (Å²) in [4.78, 5) is 27.5. The van der Waals surface area contributed by atoms with Crippen molar-refractivity contribution in [2.45, 2.75) is 12.4 Å². The highest BCUT2D eigenvalue weighted by molar-refractivity contribution is 5.93. The van der Waals surface area contributed by atoms with Crippen LogP contribution in [0.15, 0.2) is 10.2 Å². The van der Waals surface area contributed by atoms with Crippen molar-refractivity contribution in [3.63, 3.8) is 0 Å². The highest BCUT2D eigenvalue weighted by Crippen LogP contribution is 2.42. The molecule has 10 nitrogen and oxygen atoms in total. The van der Waals surface area contributed by atoms with Crippen molar-refractivity contribution in [1.82, 2.24) is 0 Å². The number of nitrogens with zero attached hydrogens (tertiary/aromatic N) is 6. The second kappa shape index (κ2) is 11.5. The number of hydrogen-bond acceptors (Lipinski definition) is 6. The zero-order chi connectivity index (χ0) is 30.7. The summed E-state index contributed by atoms with van der Waals surface area (Å²) in [6.07, 6.45) is -11.9. The molecule has 0 bridgehead atoms. The third-order valence-corrected chi connectivity index (χ3v) is 4.41. The van der Waals surface area contributed by atoms with E-state index in [9.17, 15) is 62.3 Å². The zero-order valence-corrected chi connectivity index (χ0v) is 18.3. The van der Waals surface area contributed by atoms with Gasteiger partial charge in [-0.1, -0.05) is 10.2 Å². The molecule has 0 N–H and O–H groups in total. The number of halogens is 12. The number of carbonyl (C=O) groups excluding carboxylic acids is 2. The molecule has 2 aromatic rings. The van der Waals surface area contributed by atoms with Gasteiger partial charge in [-0.25, -0.2) is 35.9 Å². The molecule has 0 saturated heterocycles. The fourth-order valence-electron chi connectivity index (χ4n) is 2.89. The standard InChI is InChI=1S/C18H4F12N6O4/c19-7-3(5(17(25,26)27)9(21)13(11(7)23)33-35-31)15(37)39-1-2-40-16(38)4-6(18(28,29)30)10(22)14(34-36-32)12(24)8(4)20/h1-2H2. The molecule has 22 heteroatoms. The van der Waals surface area contributed by atoms with E-state index in [1.807, 2.05) is 0 Å². The molecule has 0 unspecified atom stereocenters. The van der Waals surface area contributed by atoms with Crippen LogP contribution < -0.4 is 0 Å². The molecule has 0 amide bonds. The van der Waals surface area contributed by atoms with Gasteiger partial charge in [0.25, 0.3) is 0 Å². The van der Waals surface area contributed by atoms with Crippen LogP contribution in [0.2, 0.25) is 0 Å². The molecule has 0 atom stereocenters. The van der Waals surface area contributed by atoms with Crippen LogP contribution in [0.25, 0.3) is 20.9 Å². The molecular weight excluding hydrogens is 592 g/mol. The van der Waals surface area contributed by atoms with Crippen LogP contribution in [-0.2, 0) is 21.8 Å². The van der Waals surface area contributed by atoms with Gasteiger partial charge in [0, 0.05) is 9.82 Å². The quantitative estimate of drug-likeness (QED) is 0.0620. The predicted octanol–water partition coefficient (Wildman–Crippen LogP) is 7.46. The molecule has 214 valence electrons. The van der Waals surface area contributed by atoms with E-state index < -0.39 is 106 Å². The van der Waals surface area contributed by atoms with Crippen molar-refractivity contribution in [2.24, 2.45) is 10.2 Å². The number of ether oxygens (including phenoxy) is 2. The Morgan fingerprint density at radius 2 is 0.900 bits per heavy atom. The van der Waals surface area contributed by atoms with Crippen LogP contribution in [0, 0.1) is 34.9 Å². The summed E-state index contributed by atoms with van der Waals surface area (Å²) >= 11 is 0. The third kappa shape index (κ3) is 5.91. The van der Waals surface area contributed by atoms with Crippen LogP contribution in [0.4, 0.5) is 64.1 Å². The molecule has 0 aromatic heterocycles. The predicted molar refractivity (Wildman–Crippen MR) is 101 cm³/mol. The van der Waals surface area contributed by atoms with Crippen molar-refractivity contribution >= 4 is 23.3 Å². The Morgan fingerprint density at radius 3 is 1.15 bits per heavy atom. The monoisotopic (exact) mass is 596 g/mol.